The zero-order valence-corrected chi connectivity index (χ0v) is 22.6. The molecule has 0 aliphatic carbocycles. The third-order valence-corrected chi connectivity index (χ3v) is 7.63. The zero-order valence-electron chi connectivity index (χ0n) is 21.7. The number of ether oxygens (including phenoxy) is 2. The number of aromatic nitrogens is 3. The smallest absolute Gasteiger partial charge is 0.280 e. The monoisotopic (exact) mass is 552 g/mol. The number of halogens is 1. The summed E-state index contributed by atoms with van der Waals surface area (Å²) < 4.78 is 28.1. The first kappa shape index (κ1) is 25.5. The Bertz CT molecular complexity index is 1780. The molecule has 0 saturated heterocycles. The number of rotatable bonds is 8. The topological polar surface area (TPSA) is 78.3 Å². The Morgan fingerprint density at radius 3 is 2.60 bits per heavy atom. The number of nitrogens with one attached hydrogen (secondary N) is 1. The quantitative estimate of drug-likeness (QED) is 0.227. The number of benzene rings is 4. The number of carbonyl (C=O) groups is 1. The summed E-state index contributed by atoms with van der Waals surface area (Å²) in [7, 11) is 1.61. The van der Waals surface area contributed by atoms with E-state index in [-0.39, 0.29) is 11.7 Å². The second-order valence-corrected chi connectivity index (χ2v) is 10.3. The summed E-state index contributed by atoms with van der Waals surface area (Å²) in [5.41, 5.74) is 3.25. The highest BCUT2D eigenvalue weighted by Gasteiger charge is 2.26. The third-order valence-electron chi connectivity index (χ3n) is 6.60. The maximum Gasteiger partial charge on any atom is 0.280 e. The number of amides is 1. The van der Waals surface area contributed by atoms with Crippen molar-refractivity contribution >= 4 is 38.4 Å². The molecular formula is C31H25FN4O3S. The van der Waals surface area contributed by atoms with Crippen molar-refractivity contribution < 1.29 is 18.7 Å². The predicted octanol–water partition coefficient (Wildman–Crippen LogP) is 6.72. The Labute approximate surface area is 233 Å². The summed E-state index contributed by atoms with van der Waals surface area (Å²) in [6.45, 7) is 1.90. The fraction of sp³-hybridized carbons (Fsp3) is 0.129. The minimum atomic E-state index is -0.530. The van der Waals surface area contributed by atoms with Crippen LogP contribution in [0.1, 0.15) is 28.4 Å². The molecule has 2 atom stereocenters. The highest BCUT2D eigenvalue weighted by molar-refractivity contribution is 7.20. The van der Waals surface area contributed by atoms with Gasteiger partial charge >= 0.3 is 0 Å². The second-order valence-electron chi connectivity index (χ2n) is 9.32. The number of para-hydroxylation sites is 1. The predicted molar refractivity (Wildman–Crippen MR) is 154 cm³/mol. The average molecular weight is 553 g/mol. The van der Waals surface area contributed by atoms with Gasteiger partial charge in [0.15, 0.2) is 5.01 Å². The van der Waals surface area contributed by atoms with Crippen LogP contribution in [0.2, 0.25) is 0 Å². The van der Waals surface area contributed by atoms with E-state index >= 15 is 0 Å². The summed E-state index contributed by atoms with van der Waals surface area (Å²) in [6.07, 6.45) is 1.21. The average Bonchev–Trinajstić information content (AvgIpc) is 3.61. The minimum Gasteiger partial charge on any atom is -0.497 e. The molecule has 9 heteroatoms. The lowest BCUT2D eigenvalue weighted by molar-refractivity contribution is 0.0881. The summed E-state index contributed by atoms with van der Waals surface area (Å²) in [4.78, 5) is 17.7. The fourth-order valence-corrected chi connectivity index (χ4v) is 5.48. The van der Waals surface area contributed by atoms with Gasteiger partial charge in [-0.3, -0.25) is 4.79 Å². The Kier molecular flexibility index (Phi) is 6.88. The Balaban J connectivity index is 1.29. The molecule has 1 N–H and O–H groups in total. The number of methoxy groups -OCH3 is 1. The van der Waals surface area contributed by atoms with Crippen molar-refractivity contribution in [3.63, 3.8) is 0 Å². The maximum atomic E-state index is 13.4. The van der Waals surface area contributed by atoms with E-state index in [1.165, 1.54) is 23.5 Å². The highest BCUT2D eigenvalue weighted by Crippen LogP contribution is 2.31. The molecule has 40 heavy (non-hydrogen) atoms. The van der Waals surface area contributed by atoms with Gasteiger partial charge in [0, 0.05) is 5.39 Å². The lowest BCUT2D eigenvalue weighted by atomic mass is 10.0. The van der Waals surface area contributed by atoms with Crippen LogP contribution in [0.5, 0.6) is 11.5 Å². The van der Waals surface area contributed by atoms with Crippen molar-refractivity contribution in [3.05, 3.63) is 114 Å². The fourth-order valence-electron chi connectivity index (χ4n) is 4.61. The van der Waals surface area contributed by atoms with Gasteiger partial charge in [-0.05, 0) is 79.2 Å². The molecule has 6 rings (SSSR count). The van der Waals surface area contributed by atoms with Gasteiger partial charge in [-0.15, -0.1) is 11.3 Å². The summed E-state index contributed by atoms with van der Waals surface area (Å²) in [6, 6.07) is 26.7. The van der Waals surface area contributed by atoms with E-state index < -0.39 is 12.1 Å². The van der Waals surface area contributed by atoms with Gasteiger partial charge in [-0.25, -0.2) is 14.1 Å². The van der Waals surface area contributed by atoms with Crippen molar-refractivity contribution in [3.8, 4) is 17.2 Å². The van der Waals surface area contributed by atoms with Crippen LogP contribution >= 0.6 is 11.3 Å². The summed E-state index contributed by atoms with van der Waals surface area (Å²) in [5, 5.41) is 8.81. The van der Waals surface area contributed by atoms with Crippen LogP contribution < -0.4 is 14.8 Å². The van der Waals surface area contributed by atoms with Gasteiger partial charge < -0.3 is 14.8 Å². The molecule has 7 nitrogen and oxygen atoms in total. The van der Waals surface area contributed by atoms with Crippen LogP contribution in [0.4, 0.5) is 4.39 Å². The molecular weight excluding hydrogens is 527 g/mol. The van der Waals surface area contributed by atoms with Gasteiger partial charge in [0.1, 0.15) is 23.4 Å². The lowest BCUT2D eigenvalue weighted by Crippen LogP contribution is -2.39. The van der Waals surface area contributed by atoms with Crippen molar-refractivity contribution in [2.75, 3.05) is 7.11 Å². The molecule has 0 bridgehead atoms. The standard InChI is InChI=1S/C31H25FN4O3S/c1-19(34-30(37)31-35-26-8-3-4-9-28(26)40-31)29(20-6-5-7-24(16-20)38-2)39-25-14-15-27-21(17-25)18-33-36(27)23-12-10-22(32)11-13-23/h3-19,29H,1-2H3,(H,34,37)/t19-,29-/m0/s1. The molecule has 0 aliphatic heterocycles. The molecule has 1 amide bonds. The molecule has 6 aromatic rings. The van der Waals surface area contributed by atoms with Gasteiger partial charge in [-0.1, -0.05) is 24.3 Å². The number of carbonyl (C=O) groups excluding carboxylic acids is 1. The SMILES string of the molecule is COc1cccc([C@@H](Oc2ccc3c(cnn3-c3ccc(F)cc3)c2)[C@H](C)NC(=O)c2nc3ccccc3s2)c1. The molecule has 0 radical (unpaired) electrons. The van der Waals surface area contributed by atoms with Crippen molar-refractivity contribution in [2.24, 2.45) is 0 Å². The van der Waals surface area contributed by atoms with E-state index in [0.717, 1.165) is 32.4 Å². The molecule has 0 aliphatic rings. The Morgan fingerprint density at radius 1 is 0.975 bits per heavy atom. The van der Waals surface area contributed by atoms with E-state index in [1.807, 2.05) is 73.7 Å². The minimum absolute atomic E-state index is 0.263. The van der Waals surface area contributed by atoms with E-state index in [4.69, 9.17) is 9.47 Å². The Hall–Kier alpha value is -4.76. The van der Waals surface area contributed by atoms with Crippen molar-refractivity contribution in [1.82, 2.24) is 20.1 Å². The molecule has 0 saturated carbocycles. The van der Waals surface area contributed by atoms with E-state index in [1.54, 1.807) is 30.1 Å². The number of hydrogen-bond acceptors (Lipinski definition) is 6. The molecule has 0 spiro atoms. The van der Waals surface area contributed by atoms with Crippen LogP contribution in [0.25, 0.3) is 26.8 Å². The third kappa shape index (κ3) is 5.11. The maximum absolute atomic E-state index is 13.4. The van der Waals surface area contributed by atoms with Gasteiger partial charge in [0.05, 0.1) is 40.8 Å². The largest absolute Gasteiger partial charge is 0.497 e. The second kappa shape index (κ2) is 10.8. The van der Waals surface area contributed by atoms with E-state index in [9.17, 15) is 9.18 Å². The van der Waals surface area contributed by atoms with Crippen LogP contribution in [-0.4, -0.2) is 33.8 Å². The molecule has 200 valence electrons. The van der Waals surface area contributed by atoms with Crippen LogP contribution in [0.15, 0.2) is 97.2 Å². The van der Waals surface area contributed by atoms with Crippen molar-refractivity contribution in [2.45, 2.75) is 19.1 Å². The van der Waals surface area contributed by atoms with Crippen LogP contribution in [0, 0.1) is 5.82 Å². The van der Waals surface area contributed by atoms with E-state index in [0.29, 0.717) is 16.5 Å². The number of thiazole rings is 1. The van der Waals surface area contributed by atoms with Crippen molar-refractivity contribution in [1.29, 1.82) is 0 Å². The first-order valence-electron chi connectivity index (χ1n) is 12.7. The van der Waals surface area contributed by atoms with Gasteiger partial charge in [-0.2, -0.15) is 5.10 Å². The molecule has 2 aromatic heterocycles. The summed E-state index contributed by atoms with van der Waals surface area (Å²) >= 11 is 1.35. The zero-order chi connectivity index (χ0) is 27.6. The van der Waals surface area contributed by atoms with Crippen LogP contribution in [0.3, 0.4) is 0 Å². The van der Waals surface area contributed by atoms with Gasteiger partial charge in [0.2, 0.25) is 0 Å². The normalized spacial score (nSPS) is 12.8. The number of hydrogen-bond donors (Lipinski definition) is 1. The van der Waals surface area contributed by atoms with Gasteiger partial charge in [0.25, 0.3) is 5.91 Å². The lowest BCUT2D eigenvalue weighted by Gasteiger charge is -2.26. The number of fused-ring (bicyclic) bond motifs is 2. The first-order chi connectivity index (χ1) is 19.5. The molecule has 2 heterocycles. The Morgan fingerprint density at radius 2 is 1.80 bits per heavy atom. The number of nitrogens with zero attached hydrogens (tertiary/aromatic N) is 3. The summed E-state index contributed by atoms with van der Waals surface area (Å²) in [5.74, 6) is 0.733. The highest BCUT2D eigenvalue weighted by atomic mass is 32.1. The molecule has 4 aromatic carbocycles. The van der Waals surface area contributed by atoms with Crippen LogP contribution in [-0.2, 0) is 0 Å². The first-order valence-corrected chi connectivity index (χ1v) is 13.5. The molecule has 0 fully saturated rings. The van der Waals surface area contributed by atoms with E-state index in [2.05, 4.69) is 15.4 Å². The molecule has 0 unspecified atom stereocenters.